The van der Waals surface area contributed by atoms with Gasteiger partial charge in [0.25, 0.3) is 4.68 Å². The minimum Gasteiger partial charge on any atom is -0.461 e. The Balaban J connectivity index is 2.67. The molecule has 0 heterocycles. The summed E-state index contributed by atoms with van der Waals surface area (Å²) in [5.74, 6) is -13.2. The normalized spacial score (nSPS) is 16.0. The molecule has 0 saturated carbocycles. The highest BCUT2D eigenvalue weighted by Gasteiger charge is 2.59. The lowest BCUT2D eigenvalue weighted by Crippen LogP contribution is -2.71. The van der Waals surface area contributed by atoms with Crippen LogP contribution in [0.3, 0.4) is 0 Å². The molecule has 0 bridgehead atoms. The Labute approximate surface area is 174 Å². The van der Waals surface area contributed by atoms with Crippen molar-refractivity contribution in [2.75, 3.05) is 12.5 Å². The molecular weight excluding hydrogens is 469 g/mol. The van der Waals surface area contributed by atoms with E-state index < -0.39 is 68.4 Å². The molecule has 13 heteroatoms. The number of rotatable bonds is 8. The highest BCUT2D eigenvalue weighted by molar-refractivity contribution is 8.30. The first kappa shape index (κ1) is 24.6. The predicted octanol–water partition coefficient (Wildman–Crippen LogP) is 3.00. The average molecular weight is 488 g/mol. The van der Waals surface area contributed by atoms with Crippen molar-refractivity contribution in [2.24, 2.45) is 5.73 Å². The van der Waals surface area contributed by atoms with Gasteiger partial charge in [-0.3, -0.25) is 5.73 Å². The maximum absolute atomic E-state index is 14.1. The first-order valence-corrected chi connectivity index (χ1v) is 14.6. The van der Waals surface area contributed by atoms with E-state index in [2.05, 4.69) is 0 Å². The summed E-state index contributed by atoms with van der Waals surface area (Å²) >= 11 is 0.917. The number of nitrogens with two attached hydrogens (primary N) is 1. The number of para-hydroxylation sites is 1. The van der Waals surface area contributed by atoms with Crippen molar-refractivity contribution >= 4 is 28.3 Å². The quantitative estimate of drug-likeness (QED) is 0.196. The minimum absolute atomic E-state index is 0.0257. The Kier molecular flexibility index (Phi) is 7.24. The van der Waals surface area contributed by atoms with Gasteiger partial charge in [0.2, 0.25) is 22.9 Å². The number of benzene rings is 2. The van der Waals surface area contributed by atoms with Crippen LogP contribution in [0.1, 0.15) is 5.56 Å². The summed E-state index contributed by atoms with van der Waals surface area (Å²) in [6, 6.07) is 7.34. The zero-order valence-electron chi connectivity index (χ0n) is 15.8. The van der Waals surface area contributed by atoms with Gasteiger partial charge in [-0.15, -0.1) is 0 Å². The van der Waals surface area contributed by atoms with Gasteiger partial charge in [-0.1, -0.05) is 24.7 Å². The van der Waals surface area contributed by atoms with Crippen molar-refractivity contribution in [2.45, 2.75) is 17.0 Å². The number of ether oxygens (including phenoxy) is 1. The van der Waals surface area contributed by atoms with Crippen LogP contribution in [0.2, 0.25) is 6.55 Å². The van der Waals surface area contributed by atoms with Crippen LogP contribution in [-0.2, 0) is 15.6 Å². The third-order valence-corrected chi connectivity index (χ3v) is 16.0. The van der Waals surface area contributed by atoms with Gasteiger partial charge in [0.05, 0.1) is 12.0 Å². The molecule has 0 aliphatic heterocycles. The number of sulfone groups is 1. The van der Waals surface area contributed by atoms with Gasteiger partial charge in [-0.25, -0.2) is 30.4 Å². The van der Waals surface area contributed by atoms with Gasteiger partial charge in [-0.05, 0) is 18.4 Å². The largest absolute Gasteiger partial charge is 0.461 e. The lowest BCUT2D eigenvalue weighted by Gasteiger charge is -2.41. The van der Waals surface area contributed by atoms with E-state index in [0.717, 1.165) is 11.2 Å². The van der Waals surface area contributed by atoms with E-state index in [4.69, 9.17) is 10.5 Å². The number of hydrogen-bond acceptors (Lipinski definition) is 6. The van der Waals surface area contributed by atoms with Crippen LogP contribution in [0, 0.1) is 29.1 Å². The fourth-order valence-corrected chi connectivity index (χ4v) is 10.9. The number of hydrogen-bond donors (Lipinski definition) is 2. The first-order chi connectivity index (χ1) is 13.8. The Bertz CT molecular complexity index is 1010. The van der Waals surface area contributed by atoms with E-state index in [1.54, 1.807) is 6.07 Å². The summed E-state index contributed by atoms with van der Waals surface area (Å²) in [6.07, 6.45) is 0.750. The molecule has 5 nitrogen and oxygen atoms in total. The third-order valence-electron chi connectivity index (χ3n) is 4.60. The third kappa shape index (κ3) is 4.08. The van der Waals surface area contributed by atoms with E-state index in [9.17, 15) is 35.5 Å². The van der Waals surface area contributed by atoms with E-state index >= 15 is 0 Å². The van der Waals surface area contributed by atoms with Gasteiger partial charge < -0.3 is 9.84 Å². The predicted molar refractivity (Wildman–Crippen MR) is 105 cm³/mol. The van der Waals surface area contributed by atoms with Crippen molar-refractivity contribution in [1.29, 1.82) is 0 Å². The molecule has 0 aliphatic carbocycles. The van der Waals surface area contributed by atoms with E-state index in [1.165, 1.54) is 37.1 Å². The zero-order chi connectivity index (χ0) is 22.9. The monoisotopic (exact) mass is 487 g/mol. The van der Waals surface area contributed by atoms with Crippen LogP contribution in [0.25, 0.3) is 0 Å². The lowest BCUT2D eigenvalue weighted by molar-refractivity contribution is 0.222. The SMILES string of the molecule is CS[Si](C)(CO)C(N)(Oc1ccccc1)S(=O)(=O)Cc1c(F)c(F)c(F)c(F)c1F. The van der Waals surface area contributed by atoms with E-state index in [0.29, 0.717) is 0 Å². The maximum Gasteiger partial charge on any atom is 0.253 e. The maximum atomic E-state index is 14.1. The molecule has 0 aromatic heterocycles. The van der Waals surface area contributed by atoms with Crippen LogP contribution in [0.15, 0.2) is 30.3 Å². The Morgan fingerprint density at radius 2 is 1.50 bits per heavy atom. The Morgan fingerprint density at radius 1 is 1.03 bits per heavy atom. The van der Waals surface area contributed by atoms with Crippen LogP contribution >= 0.6 is 11.2 Å². The molecule has 0 radical (unpaired) electrons. The molecule has 2 aromatic rings. The van der Waals surface area contributed by atoms with Gasteiger partial charge in [0, 0.05) is 5.56 Å². The number of halogens is 5. The van der Waals surface area contributed by atoms with Crippen LogP contribution < -0.4 is 10.5 Å². The molecule has 2 atom stereocenters. The fourth-order valence-electron chi connectivity index (χ4n) is 2.56. The van der Waals surface area contributed by atoms with Crippen LogP contribution in [0.5, 0.6) is 5.75 Å². The lowest BCUT2D eigenvalue weighted by atomic mass is 10.2. The van der Waals surface area contributed by atoms with Gasteiger partial charge >= 0.3 is 0 Å². The highest BCUT2D eigenvalue weighted by atomic mass is 32.4. The molecule has 0 spiro atoms. The summed E-state index contributed by atoms with van der Waals surface area (Å²) in [5.41, 5.74) is 4.56. The van der Waals surface area contributed by atoms with Gasteiger partial charge in [0.1, 0.15) is 5.75 Å². The highest BCUT2D eigenvalue weighted by Crippen LogP contribution is 2.37. The number of aliphatic hydroxyl groups excluding tert-OH is 1. The van der Waals surface area contributed by atoms with Crippen molar-refractivity contribution in [3.8, 4) is 5.75 Å². The molecule has 0 fully saturated rings. The minimum atomic E-state index is -4.95. The fraction of sp³-hybridized carbons (Fsp3) is 0.294. The average Bonchev–Trinajstić information content (AvgIpc) is 2.73. The second kappa shape index (κ2) is 8.83. The van der Waals surface area contributed by atoms with Gasteiger partial charge in [-0.2, -0.15) is 11.2 Å². The standard InChI is InChI=1S/C17H18F5NO4S2Si/c1-28-30(2,9-24)17(23,27-10-6-4-3-5-7-10)29(25,26)8-11-12(18)14(20)16(22)15(21)13(11)19/h3-7,24H,8-9,23H2,1-2H3. The van der Waals surface area contributed by atoms with Crippen molar-refractivity contribution in [1.82, 2.24) is 0 Å². The first-order valence-electron chi connectivity index (χ1n) is 8.26. The molecule has 2 rings (SSSR count). The zero-order valence-corrected chi connectivity index (χ0v) is 18.4. The molecule has 0 amide bonds. The molecule has 166 valence electrons. The summed E-state index contributed by atoms with van der Waals surface area (Å²) in [7, 11) is -8.51. The van der Waals surface area contributed by atoms with E-state index in [-0.39, 0.29) is 5.75 Å². The molecule has 0 aliphatic rings. The summed E-state index contributed by atoms with van der Waals surface area (Å²) < 4.78 is 97.8. The molecule has 3 N–H and O–H groups in total. The molecule has 2 aromatic carbocycles. The van der Waals surface area contributed by atoms with Crippen LogP contribution in [-0.4, -0.2) is 37.9 Å². The van der Waals surface area contributed by atoms with Crippen molar-refractivity contribution in [3.05, 3.63) is 65.0 Å². The summed E-state index contributed by atoms with van der Waals surface area (Å²) in [4.78, 5) is 0. The smallest absolute Gasteiger partial charge is 0.253 e. The van der Waals surface area contributed by atoms with Gasteiger partial charge in [0.15, 0.2) is 23.3 Å². The van der Waals surface area contributed by atoms with Crippen molar-refractivity contribution < 1.29 is 40.2 Å². The summed E-state index contributed by atoms with van der Waals surface area (Å²) in [5, 5.41) is 9.86. The Morgan fingerprint density at radius 3 is 1.93 bits per heavy atom. The van der Waals surface area contributed by atoms with E-state index in [1.807, 2.05) is 0 Å². The second-order valence-corrected chi connectivity index (χ2v) is 16.8. The molecule has 2 unspecified atom stereocenters. The second-order valence-electron chi connectivity index (χ2n) is 6.48. The van der Waals surface area contributed by atoms with Crippen molar-refractivity contribution in [3.63, 3.8) is 0 Å². The molecule has 30 heavy (non-hydrogen) atoms. The summed E-state index contributed by atoms with van der Waals surface area (Å²) in [6.45, 7) is 1.36. The molecule has 0 saturated heterocycles. The van der Waals surface area contributed by atoms with Crippen LogP contribution in [0.4, 0.5) is 22.0 Å². The number of aliphatic hydroxyl groups is 1. The molecular formula is C17H18F5NO4S2Si. The topological polar surface area (TPSA) is 89.6 Å². The Hall–Kier alpha value is -1.67.